The minimum Gasteiger partial charge on any atom is -0.374 e. The molecule has 4 heteroatoms. The van der Waals surface area contributed by atoms with Gasteiger partial charge >= 0.3 is 0 Å². The third kappa shape index (κ3) is 3.74. The van der Waals surface area contributed by atoms with Crippen molar-refractivity contribution in [1.82, 2.24) is 5.32 Å². The van der Waals surface area contributed by atoms with Crippen molar-refractivity contribution >= 4 is 10.8 Å². The Labute approximate surface area is 117 Å². The Balaban J connectivity index is 2.22. The molecule has 108 valence electrons. The van der Waals surface area contributed by atoms with Crippen molar-refractivity contribution < 1.29 is 13.5 Å². The molecule has 0 heterocycles. The van der Waals surface area contributed by atoms with Crippen LogP contribution in [0.5, 0.6) is 0 Å². The van der Waals surface area contributed by atoms with Crippen molar-refractivity contribution in [3.8, 4) is 0 Å². The predicted molar refractivity (Wildman–Crippen MR) is 77.2 cm³/mol. The number of nitrogens with one attached hydrogen (secondary N) is 1. The summed E-state index contributed by atoms with van der Waals surface area (Å²) in [6, 6.07) is 14.0. The lowest BCUT2D eigenvalue weighted by molar-refractivity contribution is 0.00947. The molecule has 1 unspecified atom stereocenters. The monoisotopic (exact) mass is 279 g/mol. The number of likely N-dealkylation sites (N-methyl/N-ethyl adjacent to an activating group) is 1. The summed E-state index contributed by atoms with van der Waals surface area (Å²) in [5.74, 6) is 0. The Morgan fingerprint density at radius 2 is 1.80 bits per heavy atom. The molecule has 1 atom stereocenters. The van der Waals surface area contributed by atoms with Crippen LogP contribution in [-0.4, -0.2) is 26.2 Å². The quantitative estimate of drug-likeness (QED) is 0.833. The standard InChI is InChI=1S/C16H19F2NO/c1-2-19-15(10-20-11-16(17)18)14-9-5-7-12-6-3-4-8-13(12)14/h3-9,15-16,19H,2,10-11H2,1H3. The maximum absolute atomic E-state index is 12.2. The van der Waals surface area contributed by atoms with Crippen molar-refractivity contribution in [3.05, 3.63) is 48.0 Å². The van der Waals surface area contributed by atoms with E-state index in [0.29, 0.717) is 0 Å². The van der Waals surface area contributed by atoms with E-state index in [0.717, 1.165) is 22.9 Å². The summed E-state index contributed by atoms with van der Waals surface area (Å²) >= 11 is 0. The fraction of sp³-hybridized carbons (Fsp3) is 0.375. The molecule has 0 aromatic heterocycles. The van der Waals surface area contributed by atoms with E-state index in [1.54, 1.807) is 0 Å². The average molecular weight is 279 g/mol. The smallest absolute Gasteiger partial charge is 0.261 e. The molecular formula is C16H19F2NO. The highest BCUT2D eigenvalue weighted by atomic mass is 19.3. The Morgan fingerprint density at radius 3 is 2.55 bits per heavy atom. The first-order valence-corrected chi connectivity index (χ1v) is 6.79. The Kier molecular flexibility index (Phi) is 5.44. The van der Waals surface area contributed by atoms with E-state index in [1.165, 1.54) is 0 Å². The maximum atomic E-state index is 12.2. The molecule has 1 N–H and O–H groups in total. The first-order valence-electron chi connectivity index (χ1n) is 6.79. The second kappa shape index (κ2) is 7.31. The molecule has 0 saturated heterocycles. The van der Waals surface area contributed by atoms with Gasteiger partial charge in [0.05, 0.1) is 12.6 Å². The SMILES string of the molecule is CCNC(COCC(F)F)c1cccc2ccccc12. The first kappa shape index (κ1) is 14.9. The number of alkyl halides is 2. The average Bonchev–Trinajstić information content (AvgIpc) is 2.45. The molecular weight excluding hydrogens is 260 g/mol. The fourth-order valence-corrected chi connectivity index (χ4v) is 2.33. The summed E-state index contributed by atoms with van der Waals surface area (Å²) in [6.45, 7) is 2.47. The second-order valence-electron chi connectivity index (χ2n) is 4.61. The van der Waals surface area contributed by atoms with Crippen molar-refractivity contribution in [1.29, 1.82) is 0 Å². The lowest BCUT2D eigenvalue weighted by atomic mass is 9.99. The maximum Gasteiger partial charge on any atom is 0.261 e. The van der Waals surface area contributed by atoms with Crippen LogP contribution < -0.4 is 5.32 Å². The molecule has 0 saturated carbocycles. The van der Waals surface area contributed by atoms with Crippen molar-refractivity contribution in [2.45, 2.75) is 19.4 Å². The van der Waals surface area contributed by atoms with Crippen LogP contribution in [-0.2, 0) is 4.74 Å². The number of hydrogen-bond donors (Lipinski definition) is 1. The van der Waals surface area contributed by atoms with Crippen LogP contribution in [0.3, 0.4) is 0 Å². The van der Waals surface area contributed by atoms with E-state index in [-0.39, 0.29) is 12.6 Å². The van der Waals surface area contributed by atoms with Crippen LogP contribution in [0.4, 0.5) is 8.78 Å². The minimum absolute atomic E-state index is 0.0788. The predicted octanol–water partition coefficient (Wildman–Crippen LogP) is 3.77. The number of benzene rings is 2. The van der Waals surface area contributed by atoms with Gasteiger partial charge < -0.3 is 10.1 Å². The first-order chi connectivity index (χ1) is 9.72. The lowest BCUT2D eigenvalue weighted by Crippen LogP contribution is -2.26. The van der Waals surface area contributed by atoms with Crippen LogP contribution in [0, 0.1) is 0 Å². The largest absolute Gasteiger partial charge is 0.374 e. The third-order valence-electron chi connectivity index (χ3n) is 3.18. The molecule has 2 rings (SSSR count). The van der Waals surface area contributed by atoms with Gasteiger partial charge in [0.2, 0.25) is 0 Å². The topological polar surface area (TPSA) is 21.3 Å². The minimum atomic E-state index is -2.43. The van der Waals surface area contributed by atoms with Crippen LogP contribution in [0.1, 0.15) is 18.5 Å². The normalized spacial score (nSPS) is 13.0. The van der Waals surface area contributed by atoms with E-state index in [4.69, 9.17) is 4.74 Å². The zero-order valence-corrected chi connectivity index (χ0v) is 11.5. The number of fused-ring (bicyclic) bond motifs is 1. The van der Waals surface area contributed by atoms with Gasteiger partial charge in [-0.2, -0.15) is 0 Å². The molecule has 0 radical (unpaired) electrons. The van der Waals surface area contributed by atoms with E-state index in [9.17, 15) is 8.78 Å². The van der Waals surface area contributed by atoms with Crippen molar-refractivity contribution in [3.63, 3.8) is 0 Å². The van der Waals surface area contributed by atoms with Gasteiger partial charge in [-0.15, -0.1) is 0 Å². The lowest BCUT2D eigenvalue weighted by Gasteiger charge is -2.20. The molecule has 20 heavy (non-hydrogen) atoms. The molecule has 0 bridgehead atoms. The van der Waals surface area contributed by atoms with Gasteiger partial charge in [-0.05, 0) is 22.9 Å². The van der Waals surface area contributed by atoms with Gasteiger partial charge in [-0.3, -0.25) is 0 Å². The fourth-order valence-electron chi connectivity index (χ4n) is 2.33. The molecule has 2 nitrogen and oxygen atoms in total. The van der Waals surface area contributed by atoms with Crippen LogP contribution in [0.25, 0.3) is 10.8 Å². The summed E-state index contributed by atoms with van der Waals surface area (Å²) < 4.78 is 29.5. The van der Waals surface area contributed by atoms with Crippen LogP contribution in [0.15, 0.2) is 42.5 Å². The van der Waals surface area contributed by atoms with Crippen LogP contribution in [0.2, 0.25) is 0 Å². The molecule has 0 aliphatic heterocycles. The summed E-state index contributed by atoms with van der Waals surface area (Å²) in [5.41, 5.74) is 1.08. The highest BCUT2D eigenvalue weighted by molar-refractivity contribution is 5.86. The zero-order valence-electron chi connectivity index (χ0n) is 11.5. The highest BCUT2D eigenvalue weighted by Crippen LogP contribution is 2.24. The Hall–Kier alpha value is -1.52. The molecule has 0 spiro atoms. The Morgan fingerprint density at radius 1 is 1.05 bits per heavy atom. The van der Waals surface area contributed by atoms with Gasteiger partial charge in [0, 0.05) is 0 Å². The molecule has 0 aliphatic carbocycles. The number of rotatable bonds is 7. The van der Waals surface area contributed by atoms with Gasteiger partial charge in [0.1, 0.15) is 6.61 Å². The summed E-state index contributed by atoms with van der Waals surface area (Å²) in [6.07, 6.45) is -2.43. The van der Waals surface area contributed by atoms with Gasteiger partial charge in [-0.25, -0.2) is 8.78 Å². The van der Waals surface area contributed by atoms with E-state index < -0.39 is 13.0 Å². The van der Waals surface area contributed by atoms with Gasteiger partial charge in [0.25, 0.3) is 6.43 Å². The summed E-state index contributed by atoms with van der Waals surface area (Å²) in [5, 5.41) is 5.56. The van der Waals surface area contributed by atoms with Crippen molar-refractivity contribution in [2.24, 2.45) is 0 Å². The Bertz CT molecular complexity index is 539. The molecule has 2 aromatic carbocycles. The van der Waals surface area contributed by atoms with E-state index in [1.807, 2.05) is 49.4 Å². The molecule has 0 aliphatic rings. The van der Waals surface area contributed by atoms with E-state index in [2.05, 4.69) is 5.32 Å². The number of ether oxygens (including phenoxy) is 1. The van der Waals surface area contributed by atoms with Gasteiger partial charge in [0.15, 0.2) is 0 Å². The number of hydrogen-bond acceptors (Lipinski definition) is 2. The summed E-state index contributed by atoms with van der Waals surface area (Å²) in [4.78, 5) is 0. The van der Waals surface area contributed by atoms with Crippen LogP contribution >= 0.6 is 0 Å². The molecule has 0 amide bonds. The van der Waals surface area contributed by atoms with Crippen molar-refractivity contribution in [2.75, 3.05) is 19.8 Å². The van der Waals surface area contributed by atoms with Gasteiger partial charge in [-0.1, -0.05) is 49.4 Å². The summed E-state index contributed by atoms with van der Waals surface area (Å²) in [7, 11) is 0. The third-order valence-corrected chi connectivity index (χ3v) is 3.18. The number of halogens is 2. The van der Waals surface area contributed by atoms with E-state index >= 15 is 0 Å². The molecule has 0 fully saturated rings. The highest BCUT2D eigenvalue weighted by Gasteiger charge is 2.14. The zero-order chi connectivity index (χ0) is 14.4. The second-order valence-corrected chi connectivity index (χ2v) is 4.61. The molecule has 2 aromatic rings.